The third-order valence-corrected chi connectivity index (χ3v) is 5.72. The summed E-state index contributed by atoms with van der Waals surface area (Å²) in [4.78, 5) is 18.1. The normalized spacial score (nSPS) is 18.0. The molecule has 1 aromatic heterocycles. The molecule has 7 heteroatoms. The molecular formula is C19H26ClN3O2S. The molecule has 0 radical (unpaired) electrons. The molecule has 3 rings (SSSR count). The van der Waals surface area contributed by atoms with Gasteiger partial charge in [0, 0.05) is 24.6 Å². The molecule has 2 N–H and O–H groups in total. The van der Waals surface area contributed by atoms with Crippen LogP contribution in [0.25, 0.3) is 10.6 Å². The summed E-state index contributed by atoms with van der Waals surface area (Å²) in [6.45, 7) is 8.22. The fraction of sp³-hybridized carbons (Fsp3) is 0.474. The Bertz CT molecular complexity index is 727. The minimum atomic E-state index is -0.0475. The lowest BCUT2D eigenvalue weighted by molar-refractivity contribution is -0.122. The van der Waals surface area contributed by atoms with Crippen LogP contribution in [0.2, 0.25) is 0 Å². The Balaban J connectivity index is 0.00000243. The number of morpholine rings is 1. The van der Waals surface area contributed by atoms with Crippen molar-refractivity contribution < 1.29 is 9.53 Å². The van der Waals surface area contributed by atoms with Gasteiger partial charge in [-0.25, -0.2) is 4.98 Å². The zero-order valence-electron chi connectivity index (χ0n) is 15.4. The van der Waals surface area contributed by atoms with Gasteiger partial charge >= 0.3 is 0 Å². The van der Waals surface area contributed by atoms with E-state index >= 15 is 0 Å². The van der Waals surface area contributed by atoms with Crippen molar-refractivity contribution in [2.45, 2.75) is 39.3 Å². The van der Waals surface area contributed by atoms with Gasteiger partial charge in [0.05, 0.1) is 29.8 Å². The van der Waals surface area contributed by atoms with Crippen LogP contribution in [0.4, 0.5) is 0 Å². The number of carbonyl (C=O) groups excluding carboxylic acids is 1. The van der Waals surface area contributed by atoms with Gasteiger partial charge in [-0.2, -0.15) is 0 Å². The highest BCUT2D eigenvalue weighted by Gasteiger charge is 2.20. The van der Waals surface area contributed by atoms with E-state index in [1.54, 1.807) is 11.3 Å². The van der Waals surface area contributed by atoms with Crippen LogP contribution >= 0.6 is 23.7 Å². The number of nitrogens with zero attached hydrogens (tertiary/aromatic N) is 1. The van der Waals surface area contributed by atoms with E-state index in [9.17, 15) is 4.79 Å². The largest absolute Gasteiger partial charge is 0.378 e. The predicted molar refractivity (Wildman–Crippen MR) is 108 cm³/mol. The molecule has 26 heavy (non-hydrogen) atoms. The van der Waals surface area contributed by atoms with Crippen molar-refractivity contribution in [3.05, 3.63) is 40.4 Å². The number of amides is 1. The highest BCUT2D eigenvalue weighted by molar-refractivity contribution is 7.15. The summed E-state index contributed by atoms with van der Waals surface area (Å²) in [5.74, 6) is 0.0418. The molecule has 5 nitrogen and oxygen atoms in total. The number of aryl methyl sites for hydroxylation is 2. The number of carbonyl (C=O) groups is 1. The monoisotopic (exact) mass is 395 g/mol. The van der Waals surface area contributed by atoms with Crippen molar-refractivity contribution in [2.75, 3.05) is 19.8 Å². The summed E-state index contributed by atoms with van der Waals surface area (Å²) in [6, 6.07) is 8.43. The number of hydrogen-bond acceptors (Lipinski definition) is 5. The maximum Gasteiger partial charge on any atom is 0.222 e. The first-order valence-electron chi connectivity index (χ1n) is 8.68. The Morgan fingerprint density at radius 1 is 1.38 bits per heavy atom. The lowest BCUT2D eigenvalue weighted by Gasteiger charge is -2.24. The van der Waals surface area contributed by atoms with Crippen molar-refractivity contribution in [1.29, 1.82) is 0 Å². The zero-order valence-corrected chi connectivity index (χ0v) is 17.0. The van der Waals surface area contributed by atoms with Crippen LogP contribution in [-0.4, -0.2) is 36.7 Å². The Kier molecular flexibility index (Phi) is 7.58. The number of hydrogen-bond donors (Lipinski definition) is 2. The van der Waals surface area contributed by atoms with Crippen molar-refractivity contribution in [1.82, 2.24) is 15.6 Å². The van der Waals surface area contributed by atoms with Gasteiger partial charge < -0.3 is 15.4 Å². The van der Waals surface area contributed by atoms with E-state index in [4.69, 9.17) is 4.74 Å². The van der Waals surface area contributed by atoms with Crippen LogP contribution in [0.5, 0.6) is 0 Å². The van der Waals surface area contributed by atoms with Crippen molar-refractivity contribution in [3.63, 3.8) is 0 Å². The quantitative estimate of drug-likeness (QED) is 0.814. The second kappa shape index (κ2) is 9.46. The molecule has 0 aliphatic carbocycles. The molecule has 0 saturated carbocycles. The molecular weight excluding hydrogens is 370 g/mol. The van der Waals surface area contributed by atoms with Crippen LogP contribution in [0.1, 0.15) is 35.5 Å². The fourth-order valence-electron chi connectivity index (χ4n) is 2.97. The number of aromatic nitrogens is 1. The molecule has 2 atom stereocenters. The second-order valence-corrected chi connectivity index (χ2v) is 7.58. The van der Waals surface area contributed by atoms with E-state index in [1.807, 2.05) is 13.8 Å². The predicted octanol–water partition coefficient (Wildman–Crippen LogP) is 3.40. The SMILES string of the molecule is Cc1ccc(-c2nc(C)c(C(C)NC(=O)CC3COCCN3)s2)cc1.Cl. The van der Waals surface area contributed by atoms with E-state index < -0.39 is 0 Å². The Morgan fingerprint density at radius 2 is 2.12 bits per heavy atom. The molecule has 1 aromatic carbocycles. The lowest BCUT2D eigenvalue weighted by atomic mass is 10.1. The molecule has 1 fully saturated rings. The minimum absolute atomic E-state index is 0. The number of nitrogens with one attached hydrogen (secondary N) is 2. The molecule has 2 heterocycles. The number of thiazole rings is 1. The molecule has 1 saturated heterocycles. The summed E-state index contributed by atoms with van der Waals surface area (Å²) in [5.41, 5.74) is 3.33. The highest BCUT2D eigenvalue weighted by Crippen LogP contribution is 2.31. The number of ether oxygens (including phenoxy) is 1. The van der Waals surface area contributed by atoms with Gasteiger partial charge in [-0.3, -0.25) is 4.79 Å². The van der Waals surface area contributed by atoms with Gasteiger partial charge in [-0.05, 0) is 20.8 Å². The fourth-order valence-corrected chi connectivity index (χ4v) is 4.04. The molecule has 1 aliphatic heterocycles. The summed E-state index contributed by atoms with van der Waals surface area (Å²) in [6.07, 6.45) is 0.438. The molecule has 0 spiro atoms. The van der Waals surface area contributed by atoms with Crippen LogP contribution in [0, 0.1) is 13.8 Å². The van der Waals surface area contributed by atoms with Gasteiger partial charge in [-0.15, -0.1) is 23.7 Å². The minimum Gasteiger partial charge on any atom is -0.378 e. The maximum absolute atomic E-state index is 12.3. The topological polar surface area (TPSA) is 63.2 Å². The average Bonchev–Trinajstić information content (AvgIpc) is 2.98. The molecule has 1 aliphatic rings. The molecule has 0 bridgehead atoms. The Labute approximate surface area is 165 Å². The summed E-state index contributed by atoms with van der Waals surface area (Å²) < 4.78 is 5.40. The van der Waals surface area contributed by atoms with E-state index in [2.05, 4.69) is 46.8 Å². The van der Waals surface area contributed by atoms with Gasteiger partial charge in [-0.1, -0.05) is 29.8 Å². The molecule has 2 aromatic rings. The van der Waals surface area contributed by atoms with Crippen molar-refractivity contribution in [3.8, 4) is 10.6 Å². The number of rotatable bonds is 5. The van der Waals surface area contributed by atoms with E-state index in [0.717, 1.165) is 34.3 Å². The molecule has 1 amide bonds. The smallest absolute Gasteiger partial charge is 0.222 e. The summed E-state index contributed by atoms with van der Waals surface area (Å²) in [5, 5.41) is 7.40. The standard InChI is InChI=1S/C19H25N3O2S.ClH/c1-12-4-6-15(7-5-12)19-22-14(3)18(25-19)13(2)21-17(23)10-16-11-24-9-8-20-16;/h4-7,13,16,20H,8-11H2,1-3H3,(H,21,23);1H. The first-order chi connectivity index (χ1) is 12.0. The lowest BCUT2D eigenvalue weighted by Crippen LogP contribution is -2.44. The van der Waals surface area contributed by atoms with Crippen LogP contribution in [-0.2, 0) is 9.53 Å². The van der Waals surface area contributed by atoms with E-state index in [0.29, 0.717) is 13.0 Å². The van der Waals surface area contributed by atoms with Gasteiger partial charge in [0.1, 0.15) is 5.01 Å². The Hall–Kier alpha value is -1.47. The van der Waals surface area contributed by atoms with E-state index in [1.165, 1.54) is 5.56 Å². The second-order valence-electron chi connectivity index (χ2n) is 6.55. The maximum atomic E-state index is 12.3. The van der Waals surface area contributed by atoms with Gasteiger partial charge in [0.15, 0.2) is 0 Å². The van der Waals surface area contributed by atoms with Crippen LogP contribution in [0.15, 0.2) is 24.3 Å². The molecule has 142 valence electrons. The van der Waals surface area contributed by atoms with Crippen molar-refractivity contribution >= 4 is 29.7 Å². The Morgan fingerprint density at radius 3 is 2.77 bits per heavy atom. The first kappa shape index (κ1) is 20.8. The third kappa shape index (κ3) is 5.27. The van der Waals surface area contributed by atoms with Crippen LogP contribution in [0.3, 0.4) is 0 Å². The van der Waals surface area contributed by atoms with Crippen molar-refractivity contribution in [2.24, 2.45) is 0 Å². The van der Waals surface area contributed by atoms with E-state index in [-0.39, 0.29) is 30.4 Å². The third-order valence-electron chi connectivity index (χ3n) is 4.33. The number of halogens is 1. The zero-order chi connectivity index (χ0) is 17.8. The summed E-state index contributed by atoms with van der Waals surface area (Å²) in [7, 11) is 0. The van der Waals surface area contributed by atoms with Gasteiger partial charge in [0.25, 0.3) is 0 Å². The first-order valence-corrected chi connectivity index (χ1v) is 9.49. The van der Waals surface area contributed by atoms with Crippen LogP contribution < -0.4 is 10.6 Å². The summed E-state index contributed by atoms with van der Waals surface area (Å²) >= 11 is 1.65. The number of benzene rings is 1. The van der Waals surface area contributed by atoms with Gasteiger partial charge in [0.2, 0.25) is 5.91 Å². The average molecular weight is 396 g/mol. The highest BCUT2D eigenvalue weighted by atomic mass is 35.5. The molecule has 2 unspecified atom stereocenters.